The summed E-state index contributed by atoms with van der Waals surface area (Å²) in [4.78, 5) is 25.1. The lowest BCUT2D eigenvalue weighted by Crippen LogP contribution is -2.39. The standard InChI is InChI=1S/C21H27FN4O2/c1-13-6-4-9-17(10-13)24-21(28)19-12-18(20(27)23-3)25-26(19)14(2)15-7-5-8-16(22)11-15/h5,7-8,11-14,17H,4,6,9-10H2,1-3H3,(H,23,27)(H,24,28)/t13-,14+,17+/m1/s1. The molecule has 2 N–H and O–H groups in total. The van der Waals surface area contributed by atoms with Crippen molar-refractivity contribution < 1.29 is 14.0 Å². The zero-order valence-electron chi connectivity index (χ0n) is 16.5. The Hall–Kier alpha value is -2.70. The van der Waals surface area contributed by atoms with E-state index in [1.165, 1.54) is 36.3 Å². The third-order valence-electron chi connectivity index (χ3n) is 5.40. The zero-order valence-corrected chi connectivity index (χ0v) is 16.5. The molecule has 2 amide bonds. The summed E-state index contributed by atoms with van der Waals surface area (Å²) in [5, 5.41) is 9.96. The maximum absolute atomic E-state index is 13.7. The van der Waals surface area contributed by atoms with Crippen molar-refractivity contribution >= 4 is 11.8 Å². The first kappa shape index (κ1) is 20.0. The quantitative estimate of drug-likeness (QED) is 0.828. The number of hydrogen-bond acceptors (Lipinski definition) is 3. The number of hydrogen-bond donors (Lipinski definition) is 2. The highest BCUT2D eigenvalue weighted by molar-refractivity contribution is 5.98. The molecule has 6 nitrogen and oxygen atoms in total. The molecule has 0 bridgehead atoms. The van der Waals surface area contributed by atoms with E-state index in [4.69, 9.17) is 0 Å². The van der Waals surface area contributed by atoms with Crippen molar-refractivity contribution in [3.8, 4) is 0 Å². The number of halogens is 1. The lowest BCUT2D eigenvalue weighted by molar-refractivity contribution is 0.0907. The van der Waals surface area contributed by atoms with Crippen molar-refractivity contribution in [2.75, 3.05) is 7.05 Å². The summed E-state index contributed by atoms with van der Waals surface area (Å²) in [7, 11) is 1.51. The summed E-state index contributed by atoms with van der Waals surface area (Å²) in [5.74, 6) is -0.405. The minimum Gasteiger partial charge on any atom is -0.354 e. The van der Waals surface area contributed by atoms with E-state index in [2.05, 4.69) is 22.7 Å². The number of rotatable bonds is 5. The molecule has 1 fully saturated rings. The van der Waals surface area contributed by atoms with Crippen LogP contribution in [0.5, 0.6) is 0 Å². The molecular weight excluding hydrogens is 359 g/mol. The molecule has 1 aliphatic rings. The molecule has 1 aliphatic carbocycles. The fourth-order valence-electron chi connectivity index (χ4n) is 3.83. The molecule has 150 valence electrons. The summed E-state index contributed by atoms with van der Waals surface area (Å²) in [6, 6.07) is 7.39. The van der Waals surface area contributed by atoms with E-state index in [9.17, 15) is 14.0 Å². The maximum atomic E-state index is 13.7. The van der Waals surface area contributed by atoms with Gasteiger partial charge in [-0.05, 0) is 43.4 Å². The fraction of sp³-hybridized carbons (Fsp3) is 0.476. The summed E-state index contributed by atoms with van der Waals surface area (Å²) >= 11 is 0. The van der Waals surface area contributed by atoms with Gasteiger partial charge in [0.05, 0.1) is 6.04 Å². The van der Waals surface area contributed by atoms with Crippen LogP contribution in [0.2, 0.25) is 0 Å². The van der Waals surface area contributed by atoms with Crippen molar-refractivity contribution in [1.29, 1.82) is 0 Å². The van der Waals surface area contributed by atoms with Gasteiger partial charge in [-0.2, -0.15) is 5.10 Å². The third kappa shape index (κ3) is 4.40. The first-order chi connectivity index (χ1) is 13.4. The van der Waals surface area contributed by atoms with Gasteiger partial charge >= 0.3 is 0 Å². The predicted molar refractivity (Wildman–Crippen MR) is 105 cm³/mol. The minimum absolute atomic E-state index is 0.118. The van der Waals surface area contributed by atoms with Crippen LogP contribution in [0.3, 0.4) is 0 Å². The number of amides is 2. The highest BCUT2D eigenvalue weighted by atomic mass is 19.1. The Morgan fingerprint density at radius 2 is 2.04 bits per heavy atom. The first-order valence-corrected chi connectivity index (χ1v) is 9.77. The molecule has 1 heterocycles. The maximum Gasteiger partial charge on any atom is 0.271 e. The highest BCUT2D eigenvalue weighted by Gasteiger charge is 2.26. The average molecular weight is 386 g/mol. The molecule has 0 saturated heterocycles. The predicted octanol–water partition coefficient (Wildman–Crippen LogP) is 3.30. The second kappa shape index (κ2) is 8.54. The van der Waals surface area contributed by atoms with E-state index in [1.54, 1.807) is 12.1 Å². The van der Waals surface area contributed by atoms with Gasteiger partial charge in [-0.1, -0.05) is 31.9 Å². The van der Waals surface area contributed by atoms with Gasteiger partial charge in [0, 0.05) is 19.2 Å². The second-order valence-corrected chi connectivity index (χ2v) is 7.61. The lowest BCUT2D eigenvalue weighted by Gasteiger charge is -2.27. The Morgan fingerprint density at radius 3 is 2.71 bits per heavy atom. The summed E-state index contributed by atoms with van der Waals surface area (Å²) in [5.41, 5.74) is 1.13. The van der Waals surface area contributed by atoms with E-state index in [0.717, 1.165) is 19.3 Å². The third-order valence-corrected chi connectivity index (χ3v) is 5.40. The normalized spacial score (nSPS) is 20.4. The number of nitrogens with zero attached hydrogens (tertiary/aromatic N) is 2. The van der Waals surface area contributed by atoms with Gasteiger partial charge < -0.3 is 10.6 Å². The van der Waals surface area contributed by atoms with Crippen molar-refractivity contribution in [3.63, 3.8) is 0 Å². The first-order valence-electron chi connectivity index (χ1n) is 9.77. The number of nitrogens with one attached hydrogen (secondary N) is 2. The Bertz CT molecular complexity index is 864. The molecule has 3 atom stereocenters. The Labute approximate surface area is 164 Å². The molecular formula is C21H27FN4O2. The van der Waals surface area contributed by atoms with E-state index in [-0.39, 0.29) is 29.4 Å². The van der Waals surface area contributed by atoms with Gasteiger partial charge in [-0.15, -0.1) is 0 Å². The molecule has 1 saturated carbocycles. The van der Waals surface area contributed by atoms with Crippen LogP contribution < -0.4 is 10.6 Å². The van der Waals surface area contributed by atoms with Gasteiger partial charge in [-0.25, -0.2) is 4.39 Å². The van der Waals surface area contributed by atoms with Crippen LogP contribution in [0.25, 0.3) is 0 Å². The zero-order chi connectivity index (χ0) is 20.3. The van der Waals surface area contributed by atoms with Gasteiger partial charge in [0.1, 0.15) is 11.5 Å². The number of aromatic nitrogens is 2. The summed E-state index contributed by atoms with van der Waals surface area (Å²) in [6.07, 6.45) is 4.17. The van der Waals surface area contributed by atoms with Crippen LogP contribution >= 0.6 is 0 Å². The molecule has 3 rings (SSSR count). The van der Waals surface area contributed by atoms with Crippen LogP contribution in [-0.2, 0) is 0 Å². The number of benzene rings is 1. The van der Waals surface area contributed by atoms with Crippen molar-refractivity contribution in [3.05, 3.63) is 53.1 Å². The van der Waals surface area contributed by atoms with Crippen LogP contribution in [-0.4, -0.2) is 34.7 Å². The summed E-state index contributed by atoms with van der Waals surface area (Å²) < 4.78 is 15.2. The van der Waals surface area contributed by atoms with Crippen molar-refractivity contribution in [2.45, 2.75) is 51.6 Å². The van der Waals surface area contributed by atoms with E-state index in [1.807, 2.05) is 6.92 Å². The highest BCUT2D eigenvalue weighted by Crippen LogP contribution is 2.25. The van der Waals surface area contributed by atoms with Gasteiger partial charge in [0.25, 0.3) is 11.8 Å². The monoisotopic (exact) mass is 386 g/mol. The average Bonchev–Trinajstić information content (AvgIpc) is 3.12. The van der Waals surface area contributed by atoms with Gasteiger partial charge in [-0.3, -0.25) is 14.3 Å². The molecule has 0 aliphatic heterocycles. The van der Waals surface area contributed by atoms with E-state index in [0.29, 0.717) is 17.2 Å². The van der Waals surface area contributed by atoms with Crippen LogP contribution in [0.15, 0.2) is 30.3 Å². The molecule has 1 aromatic heterocycles. The van der Waals surface area contributed by atoms with Gasteiger partial charge in [0.15, 0.2) is 5.69 Å². The molecule has 0 spiro atoms. The minimum atomic E-state index is -0.403. The number of carbonyl (C=O) groups excluding carboxylic acids is 2. The largest absolute Gasteiger partial charge is 0.354 e. The topological polar surface area (TPSA) is 76.0 Å². The van der Waals surface area contributed by atoms with Crippen molar-refractivity contribution in [2.24, 2.45) is 5.92 Å². The second-order valence-electron chi connectivity index (χ2n) is 7.61. The number of carbonyl (C=O) groups is 2. The molecule has 28 heavy (non-hydrogen) atoms. The van der Waals surface area contributed by atoms with Crippen molar-refractivity contribution in [1.82, 2.24) is 20.4 Å². The lowest BCUT2D eigenvalue weighted by atomic mass is 9.87. The smallest absolute Gasteiger partial charge is 0.271 e. The molecule has 1 aromatic carbocycles. The molecule has 0 unspecified atom stereocenters. The van der Waals surface area contributed by atoms with Gasteiger partial charge in [0.2, 0.25) is 0 Å². The fourth-order valence-corrected chi connectivity index (χ4v) is 3.83. The SMILES string of the molecule is CNC(=O)c1cc(C(=O)N[C@H]2CCC[C@@H](C)C2)n([C@@H](C)c2cccc(F)c2)n1. The van der Waals surface area contributed by atoms with Crippen LogP contribution in [0, 0.1) is 11.7 Å². The Kier molecular flexibility index (Phi) is 6.11. The Morgan fingerprint density at radius 1 is 1.25 bits per heavy atom. The molecule has 2 aromatic rings. The molecule has 7 heteroatoms. The van der Waals surface area contributed by atoms with E-state index >= 15 is 0 Å². The Balaban J connectivity index is 1.91. The van der Waals surface area contributed by atoms with E-state index < -0.39 is 6.04 Å². The van der Waals surface area contributed by atoms with Crippen LogP contribution in [0.4, 0.5) is 4.39 Å². The van der Waals surface area contributed by atoms with Crippen LogP contribution in [0.1, 0.15) is 72.1 Å². The summed E-state index contributed by atoms with van der Waals surface area (Å²) in [6.45, 7) is 4.02. The molecule has 0 radical (unpaired) electrons.